The van der Waals surface area contributed by atoms with E-state index in [0.717, 1.165) is 51.6 Å². The smallest absolute Gasteiger partial charge is 0.237 e. The Balaban J connectivity index is 1.66. The fourth-order valence-corrected chi connectivity index (χ4v) is 3.99. The van der Waals surface area contributed by atoms with E-state index in [1.54, 1.807) is 6.92 Å². The molecule has 2 aliphatic heterocycles. The van der Waals surface area contributed by atoms with Gasteiger partial charge < -0.3 is 10.2 Å². The molecule has 5 nitrogen and oxygen atoms in total. The molecule has 21 heavy (non-hydrogen) atoms. The number of rotatable bonds is 4. The molecule has 1 saturated carbocycles. The highest BCUT2D eigenvalue weighted by molar-refractivity contribution is 5.82. The molecule has 118 valence electrons. The van der Waals surface area contributed by atoms with E-state index in [0.29, 0.717) is 18.1 Å². The van der Waals surface area contributed by atoms with Gasteiger partial charge in [-0.3, -0.25) is 14.5 Å². The quantitative estimate of drug-likeness (QED) is 0.845. The van der Waals surface area contributed by atoms with Gasteiger partial charge in [0.05, 0.1) is 6.04 Å². The molecular formula is C16H27N3O2. The van der Waals surface area contributed by atoms with E-state index in [1.807, 2.05) is 11.8 Å². The van der Waals surface area contributed by atoms with Crippen molar-refractivity contribution < 1.29 is 9.59 Å². The van der Waals surface area contributed by atoms with E-state index in [1.165, 1.54) is 0 Å². The molecule has 0 aromatic carbocycles. The minimum Gasteiger partial charge on any atom is -0.352 e. The number of nitrogens with one attached hydrogen (secondary N) is 1. The third kappa shape index (κ3) is 3.07. The lowest BCUT2D eigenvalue weighted by Crippen LogP contribution is -2.54. The summed E-state index contributed by atoms with van der Waals surface area (Å²) in [6.07, 6.45) is 6.67. The molecule has 3 rings (SSSR count). The first kappa shape index (κ1) is 14.8. The van der Waals surface area contributed by atoms with Gasteiger partial charge in [-0.25, -0.2) is 0 Å². The highest BCUT2D eigenvalue weighted by Crippen LogP contribution is 2.31. The summed E-state index contributed by atoms with van der Waals surface area (Å²) in [6, 6.07) is 1.01. The summed E-state index contributed by atoms with van der Waals surface area (Å²) in [5.74, 6) is 0.344. The molecule has 2 saturated heterocycles. The number of nitrogens with zero attached hydrogens (tertiary/aromatic N) is 2. The molecule has 0 aromatic rings. The van der Waals surface area contributed by atoms with Gasteiger partial charge in [0.25, 0.3) is 0 Å². The van der Waals surface area contributed by atoms with Crippen molar-refractivity contribution in [2.24, 2.45) is 0 Å². The van der Waals surface area contributed by atoms with Crippen LogP contribution in [-0.2, 0) is 9.59 Å². The van der Waals surface area contributed by atoms with Gasteiger partial charge in [-0.1, -0.05) is 0 Å². The van der Waals surface area contributed by atoms with Crippen LogP contribution in [0, 0.1) is 0 Å². The number of hydrogen-bond acceptors (Lipinski definition) is 3. The number of likely N-dealkylation sites (tertiary alicyclic amines) is 2. The number of carbonyl (C=O) groups excluding carboxylic acids is 2. The highest BCUT2D eigenvalue weighted by atomic mass is 16.2. The Kier molecular flexibility index (Phi) is 4.20. The third-order valence-corrected chi connectivity index (χ3v) is 5.29. The lowest BCUT2D eigenvalue weighted by atomic mass is 10.0. The molecule has 1 N–H and O–H groups in total. The Bertz CT molecular complexity index is 422. The average Bonchev–Trinajstić information content (AvgIpc) is 2.96. The number of hydrogen-bond donors (Lipinski definition) is 1. The predicted molar refractivity (Wildman–Crippen MR) is 80.8 cm³/mol. The van der Waals surface area contributed by atoms with Crippen LogP contribution in [0.4, 0.5) is 0 Å². The first-order valence-corrected chi connectivity index (χ1v) is 8.41. The Hall–Kier alpha value is -1.10. The maximum absolute atomic E-state index is 12.3. The van der Waals surface area contributed by atoms with E-state index in [9.17, 15) is 9.59 Å². The number of amides is 2. The molecule has 0 radical (unpaired) electrons. The monoisotopic (exact) mass is 293 g/mol. The van der Waals surface area contributed by atoms with E-state index in [4.69, 9.17) is 0 Å². The summed E-state index contributed by atoms with van der Waals surface area (Å²) in [4.78, 5) is 28.5. The van der Waals surface area contributed by atoms with Gasteiger partial charge in [-0.15, -0.1) is 0 Å². The van der Waals surface area contributed by atoms with Crippen LogP contribution in [0.2, 0.25) is 0 Å². The Morgan fingerprint density at radius 3 is 2.38 bits per heavy atom. The summed E-state index contributed by atoms with van der Waals surface area (Å²) in [5, 5.41) is 3.11. The van der Waals surface area contributed by atoms with Gasteiger partial charge in [0.2, 0.25) is 11.8 Å². The van der Waals surface area contributed by atoms with E-state index >= 15 is 0 Å². The zero-order chi connectivity index (χ0) is 15.0. The van der Waals surface area contributed by atoms with Crippen molar-refractivity contribution in [3.05, 3.63) is 0 Å². The average molecular weight is 293 g/mol. The van der Waals surface area contributed by atoms with Crippen molar-refractivity contribution in [3.63, 3.8) is 0 Å². The Morgan fingerprint density at radius 1 is 1.05 bits per heavy atom. The van der Waals surface area contributed by atoms with Crippen LogP contribution in [0.25, 0.3) is 0 Å². The zero-order valence-electron chi connectivity index (χ0n) is 13.2. The van der Waals surface area contributed by atoms with E-state index in [2.05, 4.69) is 10.2 Å². The molecule has 0 unspecified atom stereocenters. The van der Waals surface area contributed by atoms with Crippen molar-refractivity contribution in [3.8, 4) is 0 Å². The molecule has 5 heteroatoms. The highest BCUT2D eigenvalue weighted by Gasteiger charge is 2.42. The van der Waals surface area contributed by atoms with Gasteiger partial charge in [0.1, 0.15) is 0 Å². The van der Waals surface area contributed by atoms with Crippen LogP contribution in [0.3, 0.4) is 0 Å². The Morgan fingerprint density at radius 2 is 1.71 bits per heavy atom. The molecule has 2 heterocycles. The molecule has 2 amide bonds. The molecule has 0 bridgehead atoms. The summed E-state index contributed by atoms with van der Waals surface area (Å²) >= 11 is 0. The molecule has 1 aliphatic carbocycles. The topological polar surface area (TPSA) is 52.7 Å². The van der Waals surface area contributed by atoms with Crippen molar-refractivity contribution in [2.75, 3.05) is 13.1 Å². The fraction of sp³-hybridized carbons (Fsp3) is 0.875. The molecule has 3 aliphatic rings. The SMILES string of the molecule is CC(=O)N1CCC[C@@H]1[C@H]1CCCN1[C@@H](C)C(=O)NC1CC1. The zero-order valence-corrected chi connectivity index (χ0v) is 13.2. The van der Waals surface area contributed by atoms with Crippen LogP contribution >= 0.6 is 0 Å². The Labute approximate surface area is 127 Å². The largest absolute Gasteiger partial charge is 0.352 e. The van der Waals surface area contributed by atoms with Gasteiger partial charge in [-0.2, -0.15) is 0 Å². The van der Waals surface area contributed by atoms with E-state index < -0.39 is 0 Å². The minimum atomic E-state index is -0.0764. The summed E-state index contributed by atoms with van der Waals surface area (Å²) < 4.78 is 0. The standard InChI is InChI=1S/C16H27N3O2/c1-11(16(21)17-13-7-8-13)18-9-3-5-14(18)15-6-4-10-19(15)12(2)20/h11,13-15H,3-10H2,1-2H3,(H,17,21)/t11-,14+,15+/m0/s1. The second kappa shape index (κ2) is 5.95. The first-order chi connectivity index (χ1) is 10.1. The lowest BCUT2D eigenvalue weighted by molar-refractivity contribution is -0.131. The van der Waals surface area contributed by atoms with Gasteiger partial charge in [-0.05, 0) is 52.0 Å². The van der Waals surface area contributed by atoms with E-state index in [-0.39, 0.29) is 17.9 Å². The van der Waals surface area contributed by atoms with Crippen LogP contribution in [0.15, 0.2) is 0 Å². The van der Waals surface area contributed by atoms with Gasteiger partial charge >= 0.3 is 0 Å². The van der Waals surface area contributed by atoms with Gasteiger partial charge in [0, 0.05) is 31.6 Å². The van der Waals surface area contributed by atoms with Crippen LogP contribution in [0.1, 0.15) is 52.4 Å². The van der Waals surface area contributed by atoms with Crippen molar-refractivity contribution >= 4 is 11.8 Å². The molecule has 3 fully saturated rings. The van der Waals surface area contributed by atoms with Gasteiger partial charge in [0.15, 0.2) is 0 Å². The second-order valence-electron chi connectivity index (χ2n) is 6.83. The van der Waals surface area contributed by atoms with Crippen LogP contribution in [-0.4, -0.2) is 58.9 Å². The lowest BCUT2D eigenvalue weighted by Gasteiger charge is -2.37. The van der Waals surface area contributed by atoms with Crippen molar-refractivity contribution in [1.82, 2.24) is 15.1 Å². The van der Waals surface area contributed by atoms with Crippen LogP contribution in [0.5, 0.6) is 0 Å². The normalized spacial score (nSPS) is 31.4. The molecule has 3 atom stereocenters. The fourth-order valence-electron chi connectivity index (χ4n) is 3.99. The van der Waals surface area contributed by atoms with Crippen molar-refractivity contribution in [2.45, 2.75) is 76.5 Å². The minimum absolute atomic E-state index is 0.0764. The van der Waals surface area contributed by atoms with Crippen molar-refractivity contribution in [1.29, 1.82) is 0 Å². The second-order valence-corrected chi connectivity index (χ2v) is 6.83. The van der Waals surface area contributed by atoms with Crippen LogP contribution < -0.4 is 5.32 Å². The molecular weight excluding hydrogens is 266 g/mol. The predicted octanol–water partition coefficient (Wildman–Crippen LogP) is 1.13. The molecule has 0 spiro atoms. The summed E-state index contributed by atoms with van der Waals surface area (Å²) in [7, 11) is 0. The number of carbonyl (C=O) groups is 2. The maximum Gasteiger partial charge on any atom is 0.237 e. The first-order valence-electron chi connectivity index (χ1n) is 8.41. The maximum atomic E-state index is 12.3. The molecule has 0 aromatic heterocycles. The summed E-state index contributed by atoms with van der Waals surface area (Å²) in [5.41, 5.74) is 0. The third-order valence-electron chi connectivity index (χ3n) is 5.29. The summed E-state index contributed by atoms with van der Waals surface area (Å²) in [6.45, 7) is 5.54.